The Balaban J connectivity index is 2.32. The van der Waals surface area contributed by atoms with Crippen LogP contribution in [0.15, 0.2) is 36.9 Å². The Bertz CT molecular complexity index is 797. The van der Waals surface area contributed by atoms with E-state index in [-0.39, 0.29) is 17.2 Å². The van der Waals surface area contributed by atoms with Gasteiger partial charge in [-0.05, 0) is 31.0 Å². The van der Waals surface area contributed by atoms with Crippen LogP contribution in [0, 0.1) is 0 Å². The Morgan fingerprint density at radius 3 is 1.79 bits per heavy atom. The van der Waals surface area contributed by atoms with Crippen LogP contribution in [-0.4, -0.2) is 44.8 Å². The van der Waals surface area contributed by atoms with Gasteiger partial charge in [-0.3, -0.25) is 0 Å². The first-order chi connectivity index (χ1) is 13.9. The van der Waals surface area contributed by atoms with Gasteiger partial charge in [-0.1, -0.05) is 6.08 Å². The highest BCUT2D eigenvalue weighted by atomic mass is 16.5. The summed E-state index contributed by atoms with van der Waals surface area (Å²) in [7, 11) is 5.98. The molecule has 2 atom stereocenters. The lowest BCUT2D eigenvalue weighted by Crippen LogP contribution is -2.22. The quantitative estimate of drug-likeness (QED) is 0.585. The summed E-state index contributed by atoms with van der Waals surface area (Å²) in [5.41, 5.74) is 1.34. The van der Waals surface area contributed by atoms with Crippen molar-refractivity contribution in [2.75, 3.05) is 28.4 Å². The number of hydrogen-bond acceptors (Lipinski definition) is 7. The molecule has 0 aliphatic carbocycles. The Morgan fingerprint density at radius 2 is 1.38 bits per heavy atom. The van der Waals surface area contributed by atoms with Crippen LogP contribution in [0.25, 0.3) is 0 Å². The van der Waals surface area contributed by atoms with E-state index < -0.39 is 12.2 Å². The van der Waals surface area contributed by atoms with E-state index in [2.05, 4.69) is 6.58 Å². The zero-order chi connectivity index (χ0) is 21.6. The van der Waals surface area contributed by atoms with Gasteiger partial charge >= 0.3 is 0 Å². The van der Waals surface area contributed by atoms with E-state index in [4.69, 9.17) is 23.7 Å². The Hall–Kier alpha value is -3.06. The summed E-state index contributed by atoms with van der Waals surface area (Å²) in [5.74, 6) is 1.95. The number of methoxy groups -OCH3 is 4. The Kier molecular flexibility index (Phi) is 7.61. The lowest BCUT2D eigenvalue weighted by molar-refractivity contribution is 0.0461. The average molecular weight is 404 g/mol. The zero-order valence-corrected chi connectivity index (χ0v) is 17.4. The first-order valence-electron chi connectivity index (χ1n) is 9.05. The predicted molar refractivity (Wildman–Crippen MR) is 110 cm³/mol. The van der Waals surface area contributed by atoms with Gasteiger partial charge in [-0.25, -0.2) is 0 Å². The second-order valence-electron chi connectivity index (χ2n) is 6.34. The minimum absolute atomic E-state index is 0.133. The molecule has 0 fully saturated rings. The van der Waals surface area contributed by atoms with Crippen molar-refractivity contribution in [2.24, 2.45) is 0 Å². The lowest BCUT2D eigenvalue weighted by Gasteiger charge is -2.23. The number of phenolic OH excluding ortho intramolecular Hbond substituents is 1. The smallest absolute Gasteiger partial charge is 0.200 e. The SMILES string of the molecule is C=CCc1c(OC)cc(O[C@H](C)[C@@H](O)c2cc(OC)c(O)c(OC)c2)cc1OC. The maximum Gasteiger partial charge on any atom is 0.200 e. The molecule has 0 aromatic heterocycles. The topological polar surface area (TPSA) is 86.6 Å². The van der Waals surface area contributed by atoms with Gasteiger partial charge in [0.1, 0.15) is 29.5 Å². The van der Waals surface area contributed by atoms with Crippen molar-refractivity contribution in [1.82, 2.24) is 0 Å². The molecular weight excluding hydrogens is 376 g/mol. The van der Waals surface area contributed by atoms with E-state index in [1.165, 1.54) is 26.4 Å². The van der Waals surface area contributed by atoms with E-state index >= 15 is 0 Å². The standard InChI is InChI=1S/C22H28O7/c1-7-8-16-17(25-3)11-15(12-18(16)26-4)29-13(2)21(23)14-9-19(27-5)22(24)20(10-14)28-6/h7,9-13,21,23-24H,1,8H2,2-6H3/t13-,21-/m1/s1. The van der Waals surface area contributed by atoms with E-state index in [0.717, 1.165) is 5.56 Å². The molecule has 0 radical (unpaired) electrons. The molecule has 2 N–H and O–H groups in total. The van der Waals surface area contributed by atoms with Crippen molar-refractivity contribution in [1.29, 1.82) is 0 Å². The second-order valence-corrected chi connectivity index (χ2v) is 6.34. The van der Waals surface area contributed by atoms with E-state index in [1.807, 2.05) is 0 Å². The third kappa shape index (κ3) is 4.86. The number of phenols is 1. The Morgan fingerprint density at radius 1 is 0.897 bits per heavy atom. The predicted octanol–water partition coefficient (Wildman–Crippen LogP) is 3.66. The van der Waals surface area contributed by atoms with Crippen molar-refractivity contribution in [2.45, 2.75) is 25.6 Å². The summed E-state index contributed by atoms with van der Waals surface area (Å²) in [6.07, 6.45) is 0.702. The summed E-state index contributed by atoms with van der Waals surface area (Å²) in [5, 5.41) is 20.8. The lowest BCUT2D eigenvalue weighted by atomic mass is 10.0. The fraction of sp³-hybridized carbons (Fsp3) is 0.364. The van der Waals surface area contributed by atoms with Gasteiger partial charge in [0.2, 0.25) is 5.75 Å². The van der Waals surface area contributed by atoms with Crippen LogP contribution in [-0.2, 0) is 6.42 Å². The van der Waals surface area contributed by atoms with Crippen molar-refractivity contribution in [3.05, 3.63) is 48.0 Å². The first kappa shape index (κ1) is 22.2. The molecular formula is C22H28O7. The molecule has 0 heterocycles. The fourth-order valence-corrected chi connectivity index (χ4v) is 3.01. The maximum atomic E-state index is 10.8. The summed E-state index contributed by atoms with van der Waals surface area (Å²) < 4.78 is 27.1. The van der Waals surface area contributed by atoms with Gasteiger partial charge in [-0.15, -0.1) is 6.58 Å². The molecule has 158 valence electrons. The Labute approximate surface area is 171 Å². The van der Waals surface area contributed by atoms with Crippen molar-refractivity contribution >= 4 is 0 Å². The maximum absolute atomic E-state index is 10.8. The number of rotatable bonds is 10. The van der Waals surface area contributed by atoms with Gasteiger partial charge in [0.15, 0.2) is 11.5 Å². The molecule has 0 bridgehead atoms. The summed E-state index contributed by atoms with van der Waals surface area (Å²) in [6, 6.07) is 6.55. The monoisotopic (exact) mass is 404 g/mol. The number of benzene rings is 2. The fourth-order valence-electron chi connectivity index (χ4n) is 3.01. The molecule has 0 saturated carbocycles. The molecule has 0 aliphatic heterocycles. The molecule has 2 aromatic rings. The van der Waals surface area contributed by atoms with E-state index in [9.17, 15) is 10.2 Å². The number of aliphatic hydroxyl groups is 1. The highest BCUT2D eigenvalue weighted by Crippen LogP contribution is 2.40. The van der Waals surface area contributed by atoms with E-state index in [1.54, 1.807) is 39.4 Å². The molecule has 7 nitrogen and oxygen atoms in total. The molecule has 0 spiro atoms. The highest BCUT2D eigenvalue weighted by Gasteiger charge is 2.23. The third-order valence-corrected chi connectivity index (χ3v) is 4.54. The molecule has 2 rings (SSSR count). The van der Waals surface area contributed by atoms with Gasteiger partial charge < -0.3 is 33.9 Å². The van der Waals surface area contributed by atoms with Crippen LogP contribution in [0.1, 0.15) is 24.2 Å². The summed E-state index contributed by atoms with van der Waals surface area (Å²) in [6.45, 7) is 5.48. The van der Waals surface area contributed by atoms with Crippen LogP contribution in [0.4, 0.5) is 0 Å². The van der Waals surface area contributed by atoms with Crippen molar-refractivity contribution < 1.29 is 33.9 Å². The summed E-state index contributed by atoms with van der Waals surface area (Å²) in [4.78, 5) is 0. The van der Waals surface area contributed by atoms with Crippen LogP contribution >= 0.6 is 0 Å². The normalized spacial score (nSPS) is 12.6. The minimum atomic E-state index is -1.01. The van der Waals surface area contributed by atoms with Crippen LogP contribution < -0.4 is 23.7 Å². The third-order valence-electron chi connectivity index (χ3n) is 4.54. The first-order valence-corrected chi connectivity index (χ1v) is 9.05. The number of hydrogen-bond donors (Lipinski definition) is 2. The average Bonchev–Trinajstić information content (AvgIpc) is 2.74. The summed E-state index contributed by atoms with van der Waals surface area (Å²) >= 11 is 0. The number of aliphatic hydroxyl groups excluding tert-OH is 1. The molecule has 7 heteroatoms. The number of allylic oxidation sites excluding steroid dienone is 1. The molecule has 0 aliphatic rings. The molecule has 2 aromatic carbocycles. The van der Waals surface area contributed by atoms with Gasteiger partial charge in [0, 0.05) is 17.7 Å². The molecule has 29 heavy (non-hydrogen) atoms. The number of ether oxygens (including phenoxy) is 5. The van der Waals surface area contributed by atoms with Crippen LogP contribution in [0.3, 0.4) is 0 Å². The van der Waals surface area contributed by atoms with Crippen LogP contribution in [0.2, 0.25) is 0 Å². The van der Waals surface area contributed by atoms with E-state index in [0.29, 0.717) is 29.2 Å². The molecule has 0 unspecified atom stereocenters. The van der Waals surface area contributed by atoms with Gasteiger partial charge in [0.05, 0.1) is 28.4 Å². The minimum Gasteiger partial charge on any atom is -0.502 e. The molecule has 0 saturated heterocycles. The van der Waals surface area contributed by atoms with Crippen molar-refractivity contribution in [3.63, 3.8) is 0 Å². The van der Waals surface area contributed by atoms with Crippen LogP contribution in [0.5, 0.6) is 34.5 Å². The van der Waals surface area contributed by atoms with Gasteiger partial charge in [-0.2, -0.15) is 0 Å². The van der Waals surface area contributed by atoms with Crippen molar-refractivity contribution in [3.8, 4) is 34.5 Å². The largest absolute Gasteiger partial charge is 0.502 e. The van der Waals surface area contributed by atoms with Gasteiger partial charge in [0.25, 0.3) is 0 Å². The zero-order valence-electron chi connectivity index (χ0n) is 17.4. The second kappa shape index (κ2) is 9.93. The highest BCUT2D eigenvalue weighted by molar-refractivity contribution is 5.54. The molecule has 0 amide bonds. The number of aromatic hydroxyl groups is 1.